The summed E-state index contributed by atoms with van der Waals surface area (Å²) >= 11 is 0. The summed E-state index contributed by atoms with van der Waals surface area (Å²) in [5.41, 5.74) is 8.84. The minimum Gasteiger partial charge on any atom is -0.445 e. The van der Waals surface area contributed by atoms with Gasteiger partial charge in [0.2, 0.25) is 0 Å². The molecule has 9 heteroatoms. The Kier molecular flexibility index (Phi) is 11.9. The van der Waals surface area contributed by atoms with Crippen molar-refractivity contribution in [2.75, 3.05) is 65.1 Å². The topological polar surface area (TPSA) is 106 Å². The van der Waals surface area contributed by atoms with Crippen molar-refractivity contribution >= 4 is 22.7 Å². The number of hydrogen-bond donors (Lipinski definition) is 2. The van der Waals surface area contributed by atoms with Crippen LogP contribution in [0, 0.1) is 0 Å². The first-order valence-electron chi connectivity index (χ1n) is 11.8. The molecule has 2 aromatic carbocycles. The monoisotopic (exact) mass is 485 g/mol. The van der Waals surface area contributed by atoms with Crippen molar-refractivity contribution in [2.24, 2.45) is 0 Å². The molecule has 1 heterocycles. The molecular weight excluding hydrogens is 450 g/mol. The van der Waals surface area contributed by atoms with Crippen LogP contribution in [0.3, 0.4) is 0 Å². The summed E-state index contributed by atoms with van der Waals surface area (Å²) in [6, 6.07) is 17.5. The Bertz CT molecular complexity index is 995. The molecule has 1 aromatic heterocycles. The van der Waals surface area contributed by atoms with Crippen LogP contribution in [0.15, 0.2) is 60.8 Å². The first kappa shape index (κ1) is 26.5. The number of rotatable bonds is 17. The zero-order valence-electron chi connectivity index (χ0n) is 20.0. The van der Waals surface area contributed by atoms with Gasteiger partial charge in [0.05, 0.1) is 58.4 Å². The molecule has 3 N–H and O–H groups in total. The molecule has 0 aliphatic carbocycles. The molecule has 0 bridgehead atoms. The predicted octanol–water partition coefficient (Wildman–Crippen LogP) is 3.22. The highest BCUT2D eigenvalue weighted by atomic mass is 16.6. The summed E-state index contributed by atoms with van der Waals surface area (Å²) in [5.74, 6) is 0. The van der Waals surface area contributed by atoms with E-state index in [9.17, 15) is 4.79 Å². The lowest BCUT2D eigenvalue weighted by atomic mass is 10.2. The Morgan fingerprint density at radius 3 is 2.14 bits per heavy atom. The number of alkyl carbamates (subject to hydrolysis) is 1. The van der Waals surface area contributed by atoms with Crippen molar-refractivity contribution in [3.05, 3.63) is 66.4 Å². The minimum atomic E-state index is -0.460. The maximum atomic E-state index is 11.6. The fraction of sp³-hybridized carbons (Fsp3) is 0.423. The maximum absolute atomic E-state index is 11.6. The van der Waals surface area contributed by atoms with E-state index >= 15 is 0 Å². The van der Waals surface area contributed by atoms with Crippen molar-refractivity contribution < 1.29 is 28.5 Å². The Morgan fingerprint density at radius 2 is 1.43 bits per heavy atom. The zero-order valence-corrected chi connectivity index (χ0v) is 20.0. The van der Waals surface area contributed by atoms with Crippen LogP contribution in [0.4, 0.5) is 10.5 Å². The zero-order chi connectivity index (χ0) is 24.6. The lowest BCUT2D eigenvalue weighted by molar-refractivity contribution is -0.00214. The van der Waals surface area contributed by atoms with E-state index in [0.717, 1.165) is 28.7 Å². The molecule has 0 fully saturated rings. The van der Waals surface area contributed by atoms with Crippen LogP contribution in [0.2, 0.25) is 0 Å². The third-order valence-electron chi connectivity index (χ3n) is 5.17. The van der Waals surface area contributed by atoms with E-state index in [1.807, 2.05) is 54.7 Å². The quantitative estimate of drug-likeness (QED) is 0.223. The van der Waals surface area contributed by atoms with Gasteiger partial charge in [0.25, 0.3) is 0 Å². The van der Waals surface area contributed by atoms with Gasteiger partial charge in [0.1, 0.15) is 6.61 Å². The summed E-state index contributed by atoms with van der Waals surface area (Å²) in [6.45, 7) is 5.35. The number of ether oxygens (including phenoxy) is 5. The van der Waals surface area contributed by atoms with Gasteiger partial charge in [0, 0.05) is 30.4 Å². The first-order valence-corrected chi connectivity index (χ1v) is 11.8. The molecule has 0 spiro atoms. The summed E-state index contributed by atoms with van der Waals surface area (Å²) in [4.78, 5) is 11.6. The molecule has 3 rings (SSSR count). The van der Waals surface area contributed by atoms with E-state index in [0.29, 0.717) is 59.4 Å². The lowest BCUT2D eigenvalue weighted by Crippen LogP contribution is -2.28. The highest BCUT2D eigenvalue weighted by Gasteiger charge is 2.03. The second-order valence-corrected chi connectivity index (χ2v) is 7.73. The van der Waals surface area contributed by atoms with E-state index in [-0.39, 0.29) is 6.61 Å². The molecule has 190 valence electrons. The van der Waals surface area contributed by atoms with Gasteiger partial charge in [-0.3, -0.25) is 0 Å². The van der Waals surface area contributed by atoms with Crippen LogP contribution in [0.25, 0.3) is 10.9 Å². The SMILES string of the molecule is Nc1cccc2c1ccn2CCOCCOCCOCCOCCNC(=O)OCc1ccccc1. The highest BCUT2D eigenvalue weighted by Crippen LogP contribution is 2.21. The molecule has 1 amide bonds. The second-order valence-electron chi connectivity index (χ2n) is 7.73. The number of amides is 1. The third-order valence-corrected chi connectivity index (χ3v) is 5.17. The van der Waals surface area contributed by atoms with Gasteiger partial charge in [-0.25, -0.2) is 4.79 Å². The van der Waals surface area contributed by atoms with Crippen LogP contribution < -0.4 is 11.1 Å². The number of hydrogen-bond acceptors (Lipinski definition) is 7. The third kappa shape index (κ3) is 9.96. The van der Waals surface area contributed by atoms with E-state index in [1.54, 1.807) is 0 Å². The van der Waals surface area contributed by atoms with Gasteiger partial charge in [0.15, 0.2) is 0 Å². The molecule has 0 aliphatic rings. The first-order chi connectivity index (χ1) is 17.2. The number of nitrogens with one attached hydrogen (secondary N) is 1. The second kappa shape index (κ2) is 15.7. The van der Waals surface area contributed by atoms with Crippen LogP contribution in [-0.2, 0) is 36.8 Å². The Hall–Kier alpha value is -3.11. The fourth-order valence-corrected chi connectivity index (χ4v) is 3.37. The van der Waals surface area contributed by atoms with Crippen molar-refractivity contribution in [3.8, 4) is 0 Å². The van der Waals surface area contributed by atoms with Gasteiger partial charge in [-0.05, 0) is 23.8 Å². The largest absolute Gasteiger partial charge is 0.445 e. The average molecular weight is 486 g/mol. The number of carbonyl (C=O) groups is 1. The smallest absolute Gasteiger partial charge is 0.407 e. The molecule has 3 aromatic rings. The number of fused-ring (bicyclic) bond motifs is 1. The summed E-state index contributed by atoms with van der Waals surface area (Å²) in [6.07, 6.45) is 1.57. The van der Waals surface area contributed by atoms with Gasteiger partial charge < -0.3 is 39.3 Å². The molecule has 9 nitrogen and oxygen atoms in total. The van der Waals surface area contributed by atoms with E-state index in [2.05, 4.69) is 16.0 Å². The van der Waals surface area contributed by atoms with Crippen LogP contribution >= 0.6 is 0 Å². The number of nitrogen functional groups attached to an aromatic ring is 1. The minimum absolute atomic E-state index is 0.247. The molecule has 0 saturated carbocycles. The molecule has 35 heavy (non-hydrogen) atoms. The molecule has 0 unspecified atom stereocenters. The lowest BCUT2D eigenvalue weighted by Gasteiger charge is -2.09. The van der Waals surface area contributed by atoms with Crippen molar-refractivity contribution in [1.29, 1.82) is 0 Å². The van der Waals surface area contributed by atoms with Crippen molar-refractivity contribution in [2.45, 2.75) is 13.2 Å². The number of nitrogens with zero attached hydrogens (tertiary/aromatic N) is 1. The number of anilines is 1. The van der Waals surface area contributed by atoms with E-state index < -0.39 is 6.09 Å². The van der Waals surface area contributed by atoms with Crippen molar-refractivity contribution in [3.63, 3.8) is 0 Å². The van der Waals surface area contributed by atoms with Gasteiger partial charge >= 0.3 is 6.09 Å². The van der Waals surface area contributed by atoms with E-state index in [1.165, 1.54) is 0 Å². The Balaban J connectivity index is 1.06. The van der Waals surface area contributed by atoms with Gasteiger partial charge in [-0.15, -0.1) is 0 Å². The van der Waals surface area contributed by atoms with Crippen LogP contribution in [-0.4, -0.2) is 70.1 Å². The molecule has 0 aliphatic heterocycles. The number of nitrogens with two attached hydrogens (primary N) is 1. The molecule has 0 atom stereocenters. The normalized spacial score (nSPS) is 11.1. The number of carbonyl (C=O) groups excluding carboxylic acids is 1. The maximum Gasteiger partial charge on any atom is 0.407 e. The number of aromatic nitrogens is 1. The standard InChI is InChI=1S/C26H35N3O6/c27-24-7-4-8-25-23(24)9-11-29(25)12-14-32-16-18-34-20-19-33-17-15-31-13-10-28-26(30)35-21-22-5-2-1-3-6-22/h1-9,11H,10,12-21,27H2,(H,28,30). The van der Waals surface area contributed by atoms with Gasteiger partial charge in [-0.1, -0.05) is 36.4 Å². The predicted molar refractivity (Wildman–Crippen MR) is 134 cm³/mol. The summed E-state index contributed by atoms with van der Waals surface area (Å²) in [5, 5.41) is 3.71. The van der Waals surface area contributed by atoms with E-state index in [4.69, 9.17) is 29.4 Å². The Labute approximate surface area is 206 Å². The van der Waals surface area contributed by atoms with Crippen LogP contribution in [0.5, 0.6) is 0 Å². The fourth-order valence-electron chi connectivity index (χ4n) is 3.37. The molecule has 0 radical (unpaired) electrons. The van der Waals surface area contributed by atoms with Gasteiger partial charge in [-0.2, -0.15) is 0 Å². The Morgan fingerprint density at radius 1 is 0.771 bits per heavy atom. The molecule has 0 saturated heterocycles. The van der Waals surface area contributed by atoms with Crippen molar-refractivity contribution in [1.82, 2.24) is 9.88 Å². The average Bonchev–Trinajstić information content (AvgIpc) is 3.30. The highest BCUT2D eigenvalue weighted by molar-refractivity contribution is 5.91. The molecular formula is C26H35N3O6. The summed E-state index contributed by atoms with van der Waals surface area (Å²) in [7, 11) is 0. The summed E-state index contributed by atoms with van der Waals surface area (Å²) < 4.78 is 29.3. The van der Waals surface area contributed by atoms with Crippen LogP contribution in [0.1, 0.15) is 5.56 Å². The number of benzene rings is 2.